The van der Waals surface area contributed by atoms with Gasteiger partial charge in [0.25, 0.3) is 0 Å². The molecule has 0 fully saturated rings. The number of aliphatic hydroxyl groups is 1. The zero-order valence-electron chi connectivity index (χ0n) is 11.0. The van der Waals surface area contributed by atoms with Crippen molar-refractivity contribution in [3.63, 3.8) is 0 Å². The van der Waals surface area contributed by atoms with Gasteiger partial charge in [-0.2, -0.15) is 0 Å². The number of hydrogen-bond donors (Lipinski definition) is 1. The van der Waals surface area contributed by atoms with E-state index in [1.165, 1.54) is 32.1 Å². The van der Waals surface area contributed by atoms with Crippen LogP contribution in [0.1, 0.15) is 63.5 Å². The van der Waals surface area contributed by atoms with Crippen LogP contribution in [0, 0.1) is 0 Å². The molecular formula is C15H22Cl2O. The molecule has 1 aromatic rings. The molecule has 1 N–H and O–H groups in total. The van der Waals surface area contributed by atoms with E-state index in [0.29, 0.717) is 10.0 Å². The SMILES string of the molecule is CCCCCCCCC(O)c1cc(Cl)cc(Cl)c1. The highest BCUT2D eigenvalue weighted by atomic mass is 35.5. The summed E-state index contributed by atoms with van der Waals surface area (Å²) in [5.41, 5.74) is 0.820. The predicted octanol–water partition coefficient (Wildman–Crippen LogP) is 5.78. The Morgan fingerprint density at radius 2 is 1.50 bits per heavy atom. The molecule has 0 saturated carbocycles. The second kappa shape index (κ2) is 8.79. The Morgan fingerprint density at radius 3 is 2.11 bits per heavy atom. The topological polar surface area (TPSA) is 20.2 Å². The van der Waals surface area contributed by atoms with E-state index in [2.05, 4.69) is 6.92 Å². The molecule has 0 aliphatic carbocycles. The van der Waals surface area contributed by atoms with Crippen LogP contribution < -0.4 is 0 Å². The first-order chi connectivity index (χ1) is 8.63. The molecule has 0 bridgehead atoms. The number of hydrogen-bond acceptors (Lipinski definition) is 1. The average Bonchev–Trinajstić information content (AvgIpc) is 2.32. The molecule has 0 spiro atoms. The van der Waals surface area contributed by atoms with Crippen molar-refractivity contribution in [2.75, 3.05) is 0 Å². The Labute approximate surface area is 120 Å². The van der Waals surface area contributed by atoms with Gasteiger partial charge in [-0.15, -0.1) is 0 Å². The third-order valence-corrected chi connectivity index (χ3v) is 3.54. The van der Waals surface area contributed by atoms with Crippen molar-refractivity contribution in [2.45, 2.75) is 58.0 Å². The highest BCUT2D eigenvalue weighted by Gasteiger charge is 2.09. The highest BCUT2D eigenvalue weighted by Crippen LogP contribution is 2.26. The maximum absolute atomic E-state index is 10.1. The van der Waals surface area contributed by atoms with E-state index in [0.717, 1.165) is 18.4 Å². The highest BCUT2D eigenvalue weighted by molar-refractivity contribution is 6.34. The fourth-order valence-corrected chi connectivity index (χ4v) is 2.60. The van der Waals surface area contributed by atoms with Crippen molar-refractivity contribution in [3.05, 3.63) is 33.8 Å². The second-order valence-electron chi connectivity index (χ2n) is 4.78. The summed E-state index contributed by atoms with van der Waals surface area (Å²) in [4.78, 5) is 0. The van der Waals surface area contributed by atoms with Crippen molar-refractivity contribution >= 4 is 23.2 Å². The first kappa shape index (κ1) is 15.8. The normalized spacial score (nSPS) is 12.7. The molecule has 1 atom stereocenters. The zero-order chi connectivity index (χ0) is 13.4. The number of rotatable bonds is 8. The molecule has 18 heavy (non-hydrogen) atoms. The smallest absolute Gasteiger partial charge is 0.0791 e. The molecule has 0 aliphatic rings. The maximum atomic E-state index is 10.1. The summed E-state index contributed by atoms with van der Waals surface area (Å²) in [5.74, 6) is 0. The minimum atomic E-state index is -0.452. The third kappa shape index (κ3) is 6.08. The second-order valence-corrected chi connectivity index (χ2v) is 5.65. The van der Waals surface area contributed by atoms with E-state index in [9.17, 15) is 5.11 Å². The monoisotopic (exact) mass is 288 g/mol. The molecule has 0 heterocycles. The molecule has 0 aliphatic heterocycles. The predicted molar refractivity (Wildman–Crippen MR) is 79.4 cm³/mol. The molecule has 3 heteroatoms. The van der Waals surface area contributed by atoms with E-state index in [1.54, 1.807) is 18.2 Å². The van der Waals surface area contributed by atoms with Crippen molar-refractivity contribution in [1.29, 1.82) is 0 Å². The molecule has 1 unspecified atom stereocenters. The van der Waals surface area contributed by atoms with Gasteiger partial charge in [0, 0.05) is 10.0 Å². The van der Waals surface area contributed by atoms with Gasteiger partial charge in [0.15, 0.2) is 0 Å². The van der Waals surface area contributed by atoms with Crippen LogP contribution in [0.4, 0.5) is 0 Å². The van der Waals surface area contributed by atoms with Crippen molar-refractivity contribution in [1.82, 2.24) is 0 Å². The summed E-state index contributed by atoms with van der Waals surface area (Å²) in [7, 11) is 0. The quantitative estimate of drug-likeness (QED) is 0.602. The Kier molecular flexibility index (Phi) is 7.73. The van der Waals surface area contributed by atoms with Gasteiger partial charge in [0.05, 0.1) is 6.10 Å². The van der Waals surface area contributed by atoms with Crippen molar-refractivity contribution in [3.8, 4) is 0 Å². The van der Waals surface area contributed by atoms with E-state index >= 15 is 0 Å². The molecule has 0 radical (unpaired) electrons. The molecule has 0 amide bonds. The summed E-state index contributed by atoms with van der Waals surface area (Å²) in [6.45, 7) is 2.21. The van der Waals surface area contributed by atoms with E-state index < -0.39 is 6.10 Å². The fourth-order valence-electron chi connectivity index (χ4n) is 2.05. The van der Waals surface area contributed by atoms with Gasteiger partial charge in [-0.1, -0.05) is 68.7 Å². The van der Waals surface area contributed by atoms with E-state index in [-0.39, 0.29) is 0 Å². The number of benzene rings is 1. The van der Waals surface area contributed by atoms with Gasteiger partial charge in [0.2, 0.25) is 0 Å². The Morgan fingerprint density at radius 1 is 0.944 bits per heavy atom. The van der Waals surface area contributed by atoms with Gasteiger partial charge >= 0.3 is 0 Å². The van der Waals surface area contributed by atoms with Crippen LogP contribution in [-0.4, -0.2) is 5.11 Å². The molecule has 0 aromatic heterocycles. The number of unbranched alkanes of at least 4 members (excludes halogenated alkanes) is 5. The van der Waals surface area contributed by atoms with Gasteiger partial charge in [-0.3, -0.25) is 0 Å². The van der Waals surface area contributed by atoms with E-state index in [4.69, 9.17) is 23.2 Å². The molecule has 1 nitrogen and oxygen atoms in total. The molecular weight excluding hydrogens is 267 g/mol. The largest absolute Gasteiger partial charge is 0.388 e. The minimum absolute atomic E-state index is 0.452. The Balaban J connectivity index is 2.29. The molecule has 1 aromatic carbocycles. The lowest BCUT2D eigenvalue weighted by Gasteiger charge is -2.11. The lowest BCUT2D eigenvalue weighted by Crippen LogP contribution is -1.97. The standard InChI is InChI=1S/C15H22Cl2O/c1-2-3-4-5-6-7-8-15(18)12-9-13(16)11-14(17)10-12/h9-11,15,18H,2-8H2,1H3. The zero-order valence-corrected chi connectivity index (χ0v) is 12.5. The van der Waals surface area contributed by atoms with Crippen LogP contribution in [0.2, 0.25) is 10.0 Å². The van der Waals surface area contributed by atoms with Gasteiger partial charge < -0.3 is 5.11 Å². The van der Waals surface area contributed by atoms with E-state index in [1.807, 2.05) is 0 Å². The van der Waals surface area contributed by atoms with Gasteiger partial charge in [-0.05, 0) is 30.2 Å². The maximum Gasteiger partial charge on any atom is 0.0791 e. The van der Waals surface area contributed by atoms with Crippen LogP contribution >= 0.6 is 23.2 Å². The number of aliphatic hydroxyl groups excluding tert-OH is 1. The van der Waals surface area contributed by atoms with Crippen LogP contribution in [-0.2, 0) is 0 Å². The van der Waals surface area contributed by atoms with Crippen LogP contribution in [0.5, 0.6) is 0 Å². The molecule has 1 rings (SSSR count). The number of halogens is 2. The lowest BCUT2D eigenvalue weighted by molar-refractivity contribution is 0.163. The summed E-state index contributed by atoms with van der Waals surface area (Å²) in [6.07, 6.45) is 7.71. The summed E-state index contributed by atoms with van der Waals surface area (Å²) in [5, 5.41) is 11.2. The Bertz CT molecular complexity index is 332. The molecule has 0 saturated heterocycles. The third-order valence-electron chi connectivity index (χ3n) is 3.10. The average molecular weight is 289 g/mol. The van der Waals surface area contributed by atoms with Gasteiger partial charge in [-0.25, -0.2) is 0 Å². The summed E-state index contributed by atoms with van der Waals surface area (Å²) >= 11 is 11.8. The molecule has 102 valence electrons. The van der Waals surface area contributed by atoms with Crippen molar-refractivity contribution < 1.29 is 5.11 Å². The van der Waals surface area contributed by atoms with Crippen LogP contribution in [0.25, 0.3) is 0 Å². The van der Waals surface area contributed by atoms with Gasteiger partial charge in [0.1, 0.15) is 0 Å². The summed E-state index contributed by atoms with van der Waals surface area (Å²) in [6, 6.07) is 5.26. The van der Waals surface area contributed by atoms with Crippen LogP contribution in [0.15, 0.2) is 18.2 Å². The Hall–Kier alpha value is -0.240. The van der Waals surface area contributed by atoms with Crippen LogP contribution in [0.3, 0.4) is 0 Å². The minimum Gasteiger partial charge on any atom is -0.388 e. The first-order valence-corrected chi connectivity index (χ1v) is 7.53. The fraction of sp³-hybridized carbons (Fsp3) is 0.600. The summed E-state index contributed by atoms with van der Waals surface area (Å²) < 4.78 is 0. The van der Waals surface area contributed by atoms with Crippen molar-refractivity contribution in [2.24, 2.45) is 0 Å². The first-order valence-electron chi connectivity index (χ1n) is 6.77. The lowest BCUT2D eigenvalue weighted by atomic mass is 10.0.